The Kier molecular flexibility index (Phi) is 6.04. The van der Waals surface area contributed by atoms with Crippen LogP contribution < -0.4 is 15.5 Å². The summed E-state index contributed by atoms with van der Waals surface area (Å²) in [6.07, 6.45) is 0. The van der Waals surface area contributed by atoms with Crippen LogP contribution in [0.15, 0.2) is 86.9 Å². The van der Waals surface area contributed by atoms with Crippen molar-refractivity contribution in [3.05, 3.63) is 94.1 Å². The minimum absolute atomic E-state index is 0.0999. The Morgan fingerprint density at radius 3 is 2.21 bits per heavy atom. The first kappa shape index (κ1) is 22.9. The van der Waals surface area contributed by atoms with Crippen molar-refractivity contribution in [1.82, 2.24) is 4.72 Å². The molecule has 0 unspecified atom stereocenters. The molecule has 9 heteroatoms. The van der Waals surface area contributed by atoms with Gasteiger partial charge in [-0.1, -0.05) is 23.8 Å². The van der Waals surface area contributed by atoms with Crippen LogP contribution in [0.25, 0.3) is 22.3 Å². The van der Waals surface area contributed by atoms with Crippen LogP contribution in [0.2, 0.25) is 0 Å². The number of aryl methyl sites for hydroxylation is 1. The van der Waals surface area contributed by atoms with Crippen LogP contribution in [0.3, 0.4) is 0 Å². The molecule has 0 spiro atoms. The van der Waals surface area contributed by atoms with Gasteiger partial charge in [0.1, 0.15) is 11.3 Å². The summed E-state index contributed by atoms with van der Waals surface area (Å²) in [5.74, 6) is -0.706. The SMILES string of the molecule is CC(=O)NS(=O)(=O)c1ccc(NC(=O)c2ccc(-c3cc(=O)c4cc(C)ccc4o3)cc2)cc1. The number of nitrogens with one attached hydrogen (secondary N) is 2. The van der Waals surface area contributed by atoms with Crippen molar-refractivity contribution in [1.29, 1.82) is 0 Å². The molecule has 1 aromatic heterocycles. The molecule has 4 rings (SSSR count). The zero-order valence-corrected chi connectivity index (χ0v) is 19.1. The van der Waals surface area contributed by atoms with Gasteiger partial charge in [0.15, 0.2) is 5.43 Å². The first-order chi connectivity index (χ1) is 16.1. The molecule has 3 aromatic carbocycles. The van der Waals surface area contributed by atoms with Gasteiger partial charge in [0, 0.05) is 29.8 Å². The van der Waals surface area contributed by atoms with Gasteiger partial charge in [0.05, 0.1) is 10.3 Å². The third-order valence-corrected chi connectivity index (χ3v) is 6.46. The molecule has 0 fully saturated rings. The van der Waals surface area contributed by atoms with Gasteiger partial charge in [0.2, 0.25) is 5.91 Å². The van der Waals surface area contributed by atoms with E-state index in [9.17, 15) is 22.8 Å². The lowest BCUT2D eigenvalue weighted by Gasteiger charge is -2.08. The number of anilines is 1. The van der Waals surface area contributed by atoms with Crippen molar-refractivity contribution >= 4 is 38.5 Å². The van der Waals surface area contributed by atoms with Crippen LogP contribution >= 0.6 is 0 Å². The van der Waals surface area contributed by atoms with Crippen LogP contribution in [0.5, 0.6) is 0 Å². The van der Waals surface area contributed by atoms with Crippen molar-refractivity contribution in [3.63, 3.8) is 0 Å². The number of fused-ring (bicyclic) bond motifs is 1. The topological polar surface area (TPSA) is 123 Å². The van der Waals surface area contributed by atoms with E-state index in [-0.39, 0.29) is 10.3 Å². The van der Waals surface area contributed by atoms with Gasteiger partial charge in [-0.2, -0.15) is 0 Å². The summed E-state index contributed by atoms with van der Waals surface area (Å²) in [6, 6.07) is 18.8. The van der Waals surface area contributed by atoms with Crippen LogP contribution in [-0.4, -0.2) is 20.2 Å². The highest BCUT2D eigenvalue weighted by Gasteiger charge is 2.16. The van der Waals surface area contributed by atoms with E-state index in [4.69, 9.17) is 4.42 Å². The standard InChI is InChI=1S/C25H20N2O6S/c1-15-3-12-23-21(13-15)22(29)14-24(33-23)17-4-6-18(7-5-17)25(30)26-19-8-10-20(11-9-19)34(31,32)27-16(2)28/h3-14H,1-2H3,(H,26,30)(H,27,28). The molecular formula is C25H20N2O6S. The third kappa shape index (κ3) is 4.89. The minimum Gasteiger partial charge on any atom is -0.456 e. The number of carbonyl (C=O) groups excluding carboxylic acids is 2. The second-order valence-corrected chi connectivity index (χ2v) is 9.37. The average molecular weight is 477 g/mol. The maximum atomic E-state index is 12.6. The molecule has 0 aliphatic rings. The van der Waals surface area contributed by atoms with Gasteiger partial charge in [-0.05, 0) is 55.5 Å². The number of amides is 2. The fraction of sp³-hybridized carbons (Fsp3) is 0.0800. The minimum atomic E-state index is -3.95. The second-order valence-electron chi connectivity index (χ2n) is 7.69. The predicted octanol–water partition coefficient (Wildman–Crippen LogP) is 3.85. The molecule has 0 aliphatic heterocycles. The zero-order chi connectivity index (χ0) is 24.5. The molecular weight excluding hydrogens is 456 g/mol. The third-order valence-electron chi connectivity index (χ3n) is 5.01. The van der Waals surface area contributed by atoms with Crippen LogP contribution in [0.1, 0.15) is 22.8 Å². The fourth-order valence-corrected chi connectivity index (χ4v) is 4.36. The molecule has 0 atom stereocenters. The van der Waals surface area contributed by atoms with E-state index < -0.39 is 21.8 Å². The van der Waals surface area contributed by atoms with E-state index in [2.05, 4.69) is 5.32 Å². The molecule has 8 nitrogen and oxygen atoms in total. The number of hydrogen-bond acceptors (Lipinski definition) is 6. The molecule has 2 amide bonds. The summed E-state index contributed by atoms with van der Waals surface area (Å²) in [5.41, 5.74) is 2.68. The Balaban J connectivity index is 1.51. The van der Waals surface area contributed by atoms with Gasteiger partial charge in [-0.3, -0.25) is 14.4 Å². The number of benzene rings is 3. The van der Waals surface area contributed by atoms with Gasteiger partial charge >= 0.3 is 0 Å². The van der Waals surface area contributed by atoms with Crippen molar-refractivity contribution in [3.8, 4) is 11.3 Å². The molecule has 4 aromatic rings. The second kappa shape index (κ2) is 8.95. The molecule has 0 aliphatic carbocycles. The van der Waals surface area contributed by atoms with E-state index >= 15 is 0 Å². The van der Waals surface area contributed by atoms with Crippen molar-refractivity contribution < 1.29 is 22.4 Å². The molecule has 172 valence electrons. The summed E-state index contributed by atoms with van der Waals surface area (Å²) >= 11 is 0. The lowest BCUT2D eigenvalue weighted by atomic mass is 10.1. The van der Waals surface area contributed by atoms with E-state index in [0.29, 0.717) is 33.5 Å². The molecule has 0 radical (unpaired) electrons. The smallest absolute Gasteiger partial charge is 0.264 e. The highest BCUT2D eigenvalue weighted by Crippen LogP contribution is 2.23. The molecule has 2 N–H and O–H groups in total. The van der Waals surface area contributed by atoms with Gasteiger partial charge < -0.3 is 9.73 Å². The summed E-state index contributed by atoms with van der Waals surface area (Å²) < 4.78 is 31.8. The van der Waals surface area contributed by atoms with Gasteiger partial charge in [-0.15, -0.1) is 0 Å². The normalized spacial score (nSPS) is 11.2. The van der Waals surface area contributed by atoms with Crippen molar-refractivity contribution in [2.24, 2.45) is 0 Å². The summed E-state index contributed by atoms with van der Waals surface area (Å²) in [5, 5.41) is 3.19. The van der Waals surface area contributed by atoms with E-state index in [0.717, 1.165) is 12.5 Å². The summed E-state index contributed by atoms with van der Waals surface area (Å²) in [4.78, 5) is 36.0. The molecule has 0 saturated heterocycles. The van der Waals surface area contributed by atoms with Crippen molar-refractivity contribution in [2.75, 3.05) is 5.32 Å². The quantitative estimate of drug-likeness (QED) is 0.451. The van der Waals surface area contributed by atoms with Gasteiger partial charge in [0.25, 0.3) is 15.9 Å². The first-order valence-corrected chi connectivity index (χ1v) is 11.7. The van der Waals surface area contributed by atoms with Crippen LogP contribution in [0.4, 0.5) is 5.69 Å². The van der Waals surface area contributed by atoms with E-state index in [1.165, 1.54) is 30.3 Å². The largest absolute Gasteiger partial charge is 0.456 e. The Bertz CT molecular complexity index is 1570. The summed E-state index contributed by atoms with van der Waals surface area (Å²) in [6.45, 7) is 3.00. The maximum Gasteiger partial charge on any atom is 0.264 e. The molecule has 34 heavy (non-hydrogen) atoms. The van der Waals surface area contributed by atoms with Crippen LogP contribution in [0, 0.1) is 6.92 Å². The molecule has 1 heterocycles. The number of sulfonamides is 1. The first-order valence-electron chi connectivity index (χ1n) is 10.2. The molecule has 0 saturated carbocycles. The highest BCUT2D eigenvalue weighted by molar-refractivity contribution is 7.90. The average Bonchev–Trinajstić information content (AvgIpc) is 2.79. The monoisotopic (exact) mass is 476 g/mol. The van der Waals surface area contributed by atoms with E-state index in [1.54, 1.807) is 36.4 Å². The Hall–Kier alpha value is -4.24. The highest BCUT2D eigenvalue weighted by atomic mass is 32.2. The lowest BCUT2D eigenvalue weighted by Crippen LogP contribution is -2.28. The number of rotatable bonds is 5. The number of carbonyl (C=O) groups is 2. The fourth-order valence-electron chi connectivity index (χ4n) is 3.37. The number of hydrogen-bond donors (Lipinski definition) is 2. The molecule has 0 bridgehead atoms. The van der Waals surface area contributed by atoms with Crippen molar-refractivity contribution in [2.45, 2.75) is 18.7 Å². The Morgan fingerprint density at radius 1 is 0.882 bits per heavy atom. The maximum absolute atomic E-state index is 12.6. The predicted molar refractivity (Wildman–Crippen MR) is 128 cm³/mol. The van der Waals surface area contributed by atoms with Crippen LogP contribution in [-0.2, 0) is 14.8 Å². The van der Waals surface area contributed by atoms with Gasteiger partial charge in [-0.25, -0.2) is 13.1 Å². The Labute approximate surface area is 195 Å². The summed E-state index contributed by atoms with van der Waals surface area (Å²) in [7, 11) is -3.95. The van der Waals surface area contributed by atoms with E-state index in [1.807, 2.05) is 17.7 Å². The Morgan fingerprint density at radius 2 is 1.56 bits per heavy atom. The zero-order valence-electron chi connectivity index (χ0n) is 18.3. The lowest BCUT2D eigenvalue weighted by molar-refractivity contribution is -0.117.